The first kappa shape index (κ1) is 13.7. The summed E-state index contributed by atoms with van der Waals surface area (Å²) >= 11 is 0. The molecule has 0 aliphatic carbocycles. The highest BCUT2D eigenvalue weighted by molar-refractivity contribution is 5.97. The van der Waals surface area contributed by atoms with E-state index in [2.05, 4.69) is 10.2 Å². The number of hydrogen-bond acceptors (Lipinski definition) is 3. The van der Waals surface area contributed by atoms with E-state index in [0.717, 1.165) is 31.5 Å². The van der Waals surface area contributed by atoms with Crippen LogP contribution in [0.25, 0.3) is 0 Å². The van der Waals surface area contributed by atoms with Gasteiger partial charge in [-0.3, -0.25) is 14.5 Å². The average Bonchev–Trinajstić information content (AvgIpc) is 2.41. The van der Waals surface area contributed by atoms with Crippen LogP contribution in [-0.2, 0) is 4.79 Å². The summed E-state index contributed by atoms with van der Waals surface area (Å²) in [4.78, 5) is 25.2. The number of hydrogen-bond donors (Lipinski definition) is 1. The molecule has 0 saturated carbocycles. The molecule has 1 aliphatic rings. The first-order valence-electron chi connectivity index (χ1n) is 6.73. The lowest BCUT2D eigenvalue weighted by Gasteiger charge is -2.31. The van der Waals surface area contributed by atoms with Crippen molar-refractivity contribution in [2.45, 2.75) is 25.8 Å². The topological polar surface area (TPSA) is 49.4 Å². The van der Waals surface area contributed by atoms with E-state index in [1.165, 1.54) is 0 Å². The van der Waals surface area contributed by atoms with Crippen molar-refractivity contribution in [3.05, 3.63) is 35.9 Å². The number of likely N-dealkylation sites (tertiary alicyclic amines) is 1. The van der Waals surface area contributed by atoms with Crippen molar-refractivity contribution < 1.29 is 9.59 Å². The Morgan fingerprint density at radius 1 is 1.21 bits per heavy atom. The fourth-order valence-electron chi connectivity index (χ4n) is 2.44. The molecule has 1 amide bonds. The largest absolute Gasteiger partial charge is 0.354 e. The average molecular weight is 260 g/mol. The van der Waals surface area contributed by atoms with Gasteiger partial charge in [-0.05, 0) is 12.8 Å². The van der Waals surface area contributed by atoms with Gasteiger partial charge in [0.1, 0.15) is 0 Å². The van der Waals surface area contributed by atoms with Gasteiger partial charge in [0, 0.05) is 31.6 Å². The predicted molar refractivity (Wildman–Crippen MR) is 74.1 cm³/mol. The van der Waals surface area contributed by atoms with Gasteiger partial charge < -0.3 is 5.32 Å². The number of carbonyl (C=O) groups excluding carboxylic acids is 2. The molecule has 0 radical (unpaired) electrons. The summed E-state index contributed by atoms with van der Waals surface area (Å²) in [6, 6.07) is 9.65. The molecule has 19 heavy (non-hydrogen) atoms. The van der Waals surface area contributed by atoms with Crippen molar-refractivity contribution in [1.29, 1.82) is 0 Å². The number of rotatable bonds is 4. The van der Waals surface area contributed by atoms with Gasteiger partial charge in [-0.25, -0.2) is 0 Å². The molecule has 0 atom stereocenters. The Labute approximate surface area is 113 Å². The molecule has 4 heteroatoms. The fraction of sp³-hybridized carbons (Fsp3) is 0.467. The molecule has 1 saturated heterocycles. The van der Waals surface area contributed by atoms with Crippen LogP contribution in [0.2, 0.25) is 0 Å². The maximum atomic E-state index is 12.1. The minimum Gasteiger partial charge on any atom is -0.354 e. The Hall–Kier alpha value is -1.68. The molecule has 1 fully saturated rings. The molecule has 0 bridgehead atoms. The number of Topliss-reactive ketones (excluding diaryl/α,β-unsaturated/α-hetero) is 1. The molecule has 1 aromatic carbocycles. The van der Waals surface area contributed by atoms with Crippen molar-refractivity contribution in [2.75, 3.05) is 19.6 Å². The molecule has 1 aliphatic heterocycles. The lowest BCUT2D eigenvalue weighted by molar-refractivity contribution is -0.119. The van der Waals surface area contributed by atoms with Crippen LogP contribution in [0.5, 0.6) is 0 Å². The molecule has 0 aromatic heterocycles. The number of nitrogens with zero attached hydrogens (tertiary/aromatic N) is 1. The van der Waals surface area contributed by atoms with Crippen LogP contribution < -0.4 is 5.32 Å². The van der Waals surface area contributed by atoms with Gasteiger partial charge >= 0.3 is 0 Å². The summed E-state index contributed by atoms with van der Waals surface area (Å²) in [7, 11) is 0. The van der Waals surface area contributed by atoms with Gasteiger partial charge in [0.25, 0.3) is 0 Å². The van der Waals surface area contributed by atoms with E-state index >= 15 is 0 Å². The molecule has 1 N–H and O–H groups in total. The molecule has 2 rings (SSSR count). The number of ketones is 1. The van der Waals surface area contributed by atoms with Crippen molar-refractivity contribution in [1.82, 2.24) is 10.2 Å². The van der Waals surface area contributed by atoms with Gasteiger partial charge in [-0.15, -0.1) is 0 Å². The van der Waals surface area contributed by atoms with E-state index in [9.17, 15) is 9.59 Å². The highest BCUT2D eigenvalue weighted by atomic mass is 16.1. The molecule has 1 heterocycles. The maximum absolute atomic E-state index is 12.1. The van der Waals surface area contributed by atoms with E-state index in [1.54, 1.807) is 6.92 Å². The van der Waals surface area contributed by atoms with Crippen LogP contribution >= 0.6 is 0 Å². The van der Waals surface area contributed by atoms with Crippen LogP contribution in [0.15, 0.2) is 30.3 Å². The maximum Gasteiger partial charge on any atom is 0.217 e. The predicted octanol–water partition coefficient (Wildman–Crippen LogP) is 1.47. The summed E-state index contributed by atoms with van der Waals surface area (Å²) in [5.41, 5.74) is 0.770. The third-order valence-corrected chi connectivity index (χ3v) is 3.46. The zero-order valence-electron chi connectivity index (χ0n) is 11.3. The fourth-order valence-corrected chi connectivity index (χ4v) is 2.44. The number of piperidine rings is 1. The third-order valence-electron chi connectivity index (χ3n) is 3.46. The summed E-state index contributed by atoms with van der Waals surface area (Å²) < 4.78 is 0. The van der Waals surface area contributed by atoms with Crippen molar-refractivity contribution in [3.8, 4) is 0 Å². The molecule has 1 aromatic rings. The Morgan fingerprint density at radius 2 is 1.84 bits per heavy atom. The van der Waals surface area contributed by atoms with Crippen molar-refractivity contribution in [3.63, 3.8) is 0 Å². The van der Waals surface area contributed by atoms with E-state index in [4.69, 9.17) is 0 Å². The first-order chi connectivity index (χ1) is 9.15. The monoisotopic (exact) mass is 260 g/mol. The molecular formula is C15H20N2O2. The number of amides is 1. The van der Waals surface area contributed by atoms with E-state index < -0.39 is 0 Å². The SMILES string of the molecule is CC(=O)NC1CCN(CC(=O)c2ccccc2)CC1. The van der Waals surface area contributed by atoms with E-state index in [1.807, 2.05) is 30.3 Å². The summed E-state index contributed by atoms with van der Waals surface area (Å²) in [6.07, 6.45) is 1.84. The zero-order chi connectivity index (χ0) is 13.7. The molecule has 102 valence electrons. The second-order valence-electron chi connectivity index (χ2n) is 5.04. The van der Waals surface area contributed by atoms with Gasteiger partial charge in [0.15, 0.2) is 5.78 Å². The van der Waals surface area contributed by atoms with Gasteiger partial charge in [-0.1, -0.05) is 30.3 Å². The highest BCUT2D eigenvalue weighted by Gasteiger charge is 2.21. The molecule has 0 spiro atoms. The Morgan fingerprint density at radius 3 is 2.42 bits per heavy atom. The van der Waals surface area contributed by atoms with Crippen LogP contribution in [0.3, 0.4) is 0 Å². The quantitative estimate of drug-likeness (QED) is 0.834. The summed E-state index contributed by atoms with van der Waals surface area (Å²) in [5, 5.41) is 2.94. The van der Waals surface area contributed by atoms with E-state index in [0.29, 0.717) is 6.54 Å². The molecule has 0 unspecified atom stereocenters. The summed E-state index contributed by atoms with van der Waals surface area (Å²) in [5.74, 6) is 0.192. The minimum atomic E-state index is 0.0267. The zero-order valence-corrected chi connectivity index (χ0v) is 11.3. The Balaban J connectivity index is 1.80. The standard InChI is InChI=1S/C15H20N2O2/c1-12(18)16-14-7-9-17(10-8-14)11-15(19)13-5-3-2-4-6-13/h2-6,14H,7-11H2,1H3,(H,16,18). The summed E-state index contributed by atoms with van der Waals surface area (Å²) in [6.45, 7) is 3.75. The smallest absolute Gasteiger partial charge is 0.217 e. The molecular weight excluding hydrogens is 240 g/mol. The first-order valence-corrected chi connectivity index (χ1v) is 6.73. The number of carbonyl (C=O) groups is 2. The van der Waals surface area contributed by atoms with Gasteiger partial charge in [-0.2, -0.15) is 0 Å². The Kier molecular flexibility index (Phi) is 4.68. The normalized spacial score (nSPS) is 17.1. The van der Waals surface area contributed by atoms with Crippen LogP contribution in [-0.4, -0.2) is 42.3 Å². The number of nitrogens with one attached hydrogen (secondary N) is 1. The molecule has 4 nitrogen and oxygen atoms in total. The van der Waals surface area contributed by atoms with Gasteiger partial charge in [0.2, 0.25) is 5.91 Å². The second-order valence-corrected chi connectivity index (χ2v) is 5.04. The van der Waals surface area contributed by atoms with Crippen LogP contribution in [0.1, 0.15) is 30.1 Å². The highest BCUT2D eigenvalue weighted by Crippen LogP contribution is 2.11. The van der Waals surface area contributed by atoms with E-state index in [-0.39, 0.29) is 17.7 Å². The minimum absolute atomic E-state index is 0.0267. The lowest BCUT2D eigenvalue weighted by Crippen LogP contribution is -2.45. The van der Waals surface area contributed by atoms with Crippen molar-refractivity contribution in [2.24, 2.45) is 0 Å². The third kappa shape index (κ3) is 4.17. The number of benzene rings is 1. The van der Waals surface area contributed by atoms with Crippen molar-refractivity contribution >= 4 is 11.7 Å². The Bertz CT molecular complexity index is 437. The van der Waals surface area contributed by atoms with Crippen LogP contribution in [0, 0.1) is 0 Å². The van der Waals surface area contributed by atoms with Crippen LogP contribution in [0.4, 0.5) is 0 Å². The lowest BCUT2D eigenvalue weighted by atomic mass is 10.0. The second kappa shape index (κ2) is 6.48. The van der Waals surface area contributed by atoms with Gasteiger partial charge in [0.05, 0.1) is 6.54 Å².